The standard InChI is InChI=1S/C7H12N2/c1-9-7-4-2-3-6(8)5-7/h2,4-6,9H,3,8H2,1H3. The first kappa shape index (κ1) is 6.36. The summed E-state index contributed by atoms with van der Waals surface area (Å²) in [6, 6.07) is 0.206. The molecule has 1 atom stereocenters. The predicted molar refractivity (Wildman–Crippen MR) is 38.9 cm³/mol. The lowest BCUT2D eigenvalue weighted by Gasteiger charge is -2.10. The van der Waals surface area contributed by atoms with Gasteiger partial charge in [-0.3, -0.25) is 0 Å². The number of hydrogen-bond acceptors (Lipinski definition) is 2. The molecule has 1 aliphatic carbocycles. The second-order valence-corrected chi connectivity index (χ2v) is 2.17. The molecule has 3 N–H and O–H groups in total. The summed E-state index contributed by atoms with van der Waals surface area (Å²) in [5, 5.41) is 3.03. The Morgan fingerprint density at radius 2 is 2.56 bits per heavy atom. The first-order valence-corrected chi connectivity index (χ1v) is 3.14. The van der Waals surface area contributed by atoms with Crippen LogP contribution in [0.2, 0.25) is 0 Å². The Labute approximate surface area is 55.4 Å². The Morgan fingerprint density at radius 3 is 3.00 bits per heavy atom. The number of nitrogens with two attached hydrogens (primary N) is 1. The van der Waals surface area contributed by atoms with Gasteiger partial charge in [0.1, 0.15) is 0 Å². The van der Waals surface area contributed by atoms with Crippen LogP contribution in [0.1, 0.15) is 6.42 Å². The highest BCUT2D eigenvalue weighted by Crippen LogP contribution is 2.04. The smallest absolute Gasteiger partial charge is 0.0309 e. The predicted octanol–water partition coefficient (Wildman–Crippen LogP) is 0.377. The molecule has 0 bridgehead atoms. The van der Waals surface area contributed by atoms with Gasteiger partial charge in [0.25, 0.3) is 0 Å². The van der Waals surface area contributed by atoms with Gasteiger partial charge in [-0.15, -0.1) is 0 Å². The van der Waals surface area contributed by atoms with E-state index in [-0.39, 0.29) is 6.04 Å². The molecule has 1 aliphatic rings. The summed E-state index contributed by atoms with van der Waals surface area (Å²) in [5.41, 5.74) is 6.75. The summed E-state index contributed by atoms with van der Waals surface area (Å²) in [6.07, 6.45) is 7.12. The van der Waals surface area contributed by atoms with Gasteiger partial charge in [0.15, 0.2) is 0 Å². The summed E-state index contributed by atoms with van der Waals surface area (Å²) < 4.78 is 0. The lowest BCUT2D eigenvalue weighted by Crippen LogP contribution is -2.21. The zero-order valence-corrected chi connectivity index (χ0v) is 5.59. The fourth-order valence-electron chi connectivity index (χ4n) is 0.873. The summed E-state index contributed by atoms with van der Waals surface area (Å²) in [4.78, 5) is 0. The molecule has 1 unspecified atom stereocenters. The first-order valence-electron chi connectivity index (χ1n) is 3.14. The van der Waals surface area contributed by atoms with Gasteiger partial charge in [0, 0.05) is 18.8 Å². The van der Waals surface area contributed by atoms with Gasteiger partial charge in [0.05, 0.1) is 0 Å². The Kier molecular flexibility index (Phi) is 1.90. The highest BCUT2D eigenvalue weighted by Gasteiger charge is 2.00. The molecule has 1 rings (SSSR count). The number of likely N-dealkylation sites (N-methyl/N-ethyl adjacent to an activating group) is 1. The largest absolute Gasteiger partial charge is 0.388 e. The fourth-order valence-corrected chi connectivity index (χ4v) is 0.873. The summed E-state index contributed by atoms with van der Waals surface area (Å²) in [6.45, 7) is 0. The molecule has 50 valence electrons. The van der Waals surface area contributed by atoms with E-state index >= 15 is 0 Å². The Bertz CT molecular complexity index is 147. The van der Waals surface area contributed by atoms with E-state index in [2.05, 4.69) is 11.4 Å². The summed E-state index contributed by atoms with van der Waals surface area (Å²) >= 11 is 0. The molecular weight excluding hydrogens is 112 g/mol. The molecule has 0 radical (unpaired) electrons. The molecule has 0 aromatic heterocycles. The monoisotopic (exact) mass is 124 g/mol. The van der Waals surface area contributed by atoms with Crippen LogP contribution in [0.25, 0.3) is 0 Å². The van der Waals surface area contributed by atoms with Crippen molar-refractivity contribution >= 4 is 0 Å². The van der Waals surface area contributed by atoms with E-state index in [1.165, 1.54) is 0 Å². The molecule has 0 aromatic carbocycles. The van der Waals surface area contributed by atoms with Crippen LogP contribution >= 0.6 is 0 Å². The van der Waals surface area contributed by atoms with Crippen LogP contribution in [0.15, 0.2) is 23.9 Å². The molecule has 0 aliphatic heterocycles. The van der Waals surface area contributed by atoms with E-state index in [1.807, 2.05) is 19.2 Å². The Hall–Kier alpha value is -0.760. The van der Waals surface area contributed by atoms with E-state index in [0.717, 1.165) is 12.1 Å². The van der Waals surface area contributed by atoms with Crippen molar-refractivity contribution in [3.8, 4) is 0 Å². The van der Waals surface area contributed by atoms with Gasteiger partial charge in [-0.05, 0) is 18.6 Å². The number of allylic oxidation sites excluding steroid dienone is 1. The van der Waals surface area contributed by atoms with Gasteiger partial charge in [-0.2, -0.15) is 0 Å². The number of hydrogen-bond donors (Lipinski definition) is 2. The minimum absolute atomic E-state index is 0.206. The van der Waals surface area contributed by atoms with Crippen LogP contribution in [-0.2, 0) is 0 Å². The normalized spacial score (nSPS) is 25.6. The van der Waals surface area contributed by atoms with Crippen molar-refractivity contribution in [3.63, 3.8) is 0 Å². The fraction of sp³-hybridized carbons (Fsp3) is 0.429. The lowest BCUT2D eigenvalue weighted by molar-refractivity contribution is 0.799. The van der Waals surface area contributed by atoms with E-state index in [9.17, 15) is 0 Å². The third-order valence-corrected chi connectivity index (χ3v) is 1.39. The second kappa shape index (κ2) is 2.69. The quantitative estimate of drug-likeness (QED) is 0.530. The van der Waals surface area contributed by atoms with Crippen LogP contribution in [0, 0.1) is 0 Å². The van der Waals surface area contributed by atoms with Crippen LogP contribution in [0.5, 0.6) is 0 Å². The minimum atomic E-state index is 0.206. The van der Waals surface area contributed by atoms with Crippen molar-refractivity contribution in [1.29, 1.82) is 0 Å². The zero-order chi connectivity index (χ0) is 6.69. The minimum Gasteiger partial charge on any atom is -0.388 e. The van der Waals surface area contributed by atoms with Crippen molar-refractivity contribution in [2.75, 3.05) is 7.05 Å². The summed E-state index contributed by atoms with van der Waals surface area (Å²) in [7, 11) is 1.90. The summed E-state index contributed by atoms with van der Waals surface area (Å²) in [5.74, 6) is 0. The molecule has 2 heteroatoms. The van der Waals surface area contributed by atoms with Gasteiger partial charge in [0.2, 0.25) is 0 Å². The lowest BCUT2D eigenvalue weighted by atomic mass is 10.1. The van der Waals surface area contributed by atoms with Crippen LogP contribution < -0.4 is 11.1 Å². The zero-order valence-electron chi connectivity index (χ0n) is 5.59. The first-order chi connectivity index (χ1) is 4.33. The highest BCUT2D eigenvalue weighted by atomic mass is 14.8. The van der Waals surface area contributed by atoms with E-state index < -0.39 is 0 Å². The van der Waals surface area contributed by atoms with Gasteiger partial charge in [-0.25, -0.2) is 0 Å². The third-order valence-electron chi connectivity index (χ3n) is 1.39. The van der Waals surface area contributed by atoms with Crippen molar-refractivity contribution < 1.29 is 0 Å². The maximum Gasteiger partial charge on any atom is 0.0309 e. The molecular formula is C7H12N2. The van der Waals surface area contributed by atoms with Crippen molar-refractivity contribution in [2.24, 2.45) is 5.73 Å². The topological polar surface area (TPSA) is 38.0 Å². The molecule has 0 spiro atoms. The highest BCUT2D eigenvalue weighted by molar-refractivity contribution is 5.23. The molecule has 0 saturated carbocycles. The average molecular weight is 124 g/mol. The molecule has 0 fully saturated rings. The SMILES string of the molecule is CNC1=CC(N)CC=C1. The molecule has 0 aromatic rings. The maximum absolute atomic E-state index is 5.63. The van der Waals surface area contributed by atoms with Crippen LogP contribution in [0.4, 0.5) is 0 Å². The average Bonchev–Trinajstić information content (AvgIpc) is 1.88. The molecule has 0 amide bonds. The van der Waals surface area contributed by atoms with Crippen molar-refractivity contribution in [3.05, 3.63) is 23.9 Å². The Morgan fingerprint density at radius 1 is 1.78 bits per heavy atom. The van der Waals surface area contributed by atoms with Crippen molar-refractivity contribution in [1.82, 2.24) is 5.32 Å². The Balaban J connectivity index is 2.59. The number of rotatable bonds is 1. The van der Waals surface area contributed by atoms with Crippen molar-refractivity contribution in [2.45, 2.75) is 12.5 Å². The third kappa shape index (κ3) is 1.57. The van der Waals surface area contributed by atoms with Crippen LogP contribution in [0.3, 0.4) is 0 Å². The molecule has 0 saturated heterocycles. The van der Waals surface area contributed by atoms with Gasteiger partial charge >= 0.3 is 0 Å². The maximum atomic E-state index is 5.63. The van der Waals surface area contributed by atoms with E-state index in [4.69, 9.17) is 5.73 Å². The van der Waals surface area contributed by atoms with E-state index in [0.29, 0.717) is 0 Å². The van der Waals surface area contributed by atoms with E-state index in [1.54, 1.807) is 0 Å². The second-order valence-electron chi connectivity index (χ2n) is 2.17. The molecule has 0 heterocycles. The van der Waals surface area contributed by atoms with Gasteiger partial charge < -0.3 is 11.1 Å². The molecule has 9 heavy (non-hydrogen) atoms. The van der Waals surface area contributed by atoms with Crippen LogP contribution in [-0.4, -0.2) is 13.1 Å². The van der Waals surface area contributed by atoms with Gasteiger partial charge in [-0.1, -0.05) is 6.08 Å². The number of nitrogens with one attached hydrogen (secondary N) is 1. The molecule has 2 nitrogen and oxygen atoms in total.